The first-order valence-corrected chi connectivity index (χ1v) is 7.76. The normalized spacial score (nSPS) is 24.4. The largest absolute Gasteiger partial charge is 0.376 e. The van der Waals surface area contributed by atoms with Gasteiger partial charge in [-0.3, -0.25) is 5.32 Å². The van der Waals surface area contributed by atoms with Gasteiger partial charge in [-0.25, -0.2) is 0 Å². The van der Waals surface area contributed by atoms with Crippen molar-refractivity contribution in [3.63, 3.8) is 0 Å². The van der Waals surface area contributed by atoms with Gasteiger partial charge in [-0.15, -0.1) is 0 Å². The predicted octanol–water partition coefficient (Wildman–Crippen LogP) is 2.35. The minimum absolute atomic E-state index is 0.193. The minimum Gasteiger partial charge on any atom is -0.376 e. The van der Waals surface area contributed by atoms with Crippen molar-refractivity contribution in [2.24, 2.45) is 0 Å². The van der Waals surface area contributed by atoms with Gasteiger partial charge in [0.2, 0.25) is 0 Å². The van der Waals surface area contributed by atoms with E-state index < -0.39 is 5.54 Å². The maximum absolute atomic E-state index is 9.77. The lowest BCUT2D eigenvalue weighted by Gasteiger charge is -2.29. The van der Waals surface area contributed by atoms with Crippen LogP contribution in [0.3, 0.4) is 0 Å². The van der Waals surface area contributed by atoms with Gasteiger partial charge in [-0.2, -0.15) is 5.26 Å². The molecule has 2 unspecified atom stereocenters. The highest BCUT2D eigenvalue weighted by Crippen LogP contribution is 2.29. The number of rotatable bonds is 7. The van der Waals surface area contributed by atoms with Gasteiger partial charge in [0, 0.05) is 12.6 Å². The molecule has 0 spiro atoms. The van der Waals surface area contributed by atoms with E-state index in [0.717, 1.165) is 37.9 Å². The third-order valence-electron chi connectivity index (χ3n) is 4.13. The molecule has 1 aromatic carbocycles. The summed E-state index contributed by atoms with van der Waals surface area (Å²) >= 11 is 0. The first-order chi connectivity index (χ1) is 10.3. The second-order valence-electron chi connectivity index (χ2n) is 5.95. The highest BCUT2D eigenvalue weighted by atomic mass is 16.5. The Hall–Kier alpha value is -1.41. The quantitative estimate of drug-likeness (QED) is 0.836. The lowest BCUT2D eigenvalue weighted by atomic mass is 9.92. The third-order valence-corrected chi connectivity index (χ3v) is 4.13. The van der Waals surface area contributed by atoms with E-state index in [2.05, 4.69) is 11.4 Å². The Morgan fingerprint density at radius 3 is 2.71 bits per heavy atom. The maximum Gasteiger partial charge on any atom is 0.156 e. The lowest BCUT2D eigenvalue weighted by Crippen LogP contribution is -2.46. The fraction of sp³-hybridized carbons (Fsp3) is 0.588. The van der Waals surface area contributed by atoms with Crippen LogP contribution in [0.1, 0.15) is 31.2 Å². The molecule has 2 fully saturated rings. The van der Waals surface area contributed by atoms with E-state index in [1.165, 1.54) is 0 Å². The van der Waals surface area contributed by atoms with E-state index in [1.54, 1.807) is 0 Å². The van der Waals surface area contributed by atoms with Crippen LogP contribution in [0.15, 0.2) is 30.3 Å². The Labute approximate surface area is 126 Å². The van der Waals surface area contributed by atoms with Gasteiger partial charge in [0.1, 0.15) is 0 Å². The van der Waals surface area contributed by atoms with E-state index in [1.807, 2.05) is 30.3 Å². The second-order valence-corrected chi connectivity index (χ2v) is 5.95. The highest BCUT2D eigenvalue weighted by molar-refractivity contribution is 5.32. The molecule has 1 N–H and O–H groups in total. The number of hydrogen-bond donors (Lipinski definition) is 1. The minimum atomic E-state index is -0.749. The molecule has 0 bridgehead atoms. The van der Waals surface area contributed by atoms with Crippen LogP contribution in [0.5, 0.6) is 0 Å². The first kappa shape index (κ1) is 14.5. The molecule has 3 rings (SSSR count). The Morgan fingerprint density at radius 2 is 2.10 bits per heavy atom. The van der Waals surface area contributed by atoms with Crippen LogP contribution in [0.4, 0.5) is 0 Å². The summed E-state index contributed by atoms with van der Waals surface area (Å²) < 4.78 is 11.4. The molecule has 4 nitrogen and oxygen atoms in total. The Balaban J connectivity index is 1.67. The zero-order valence-corrected chi connectivity index (χ0v) is 12.3. The fourth-order valence-corrected chi connectivity index (χ4v) is 2.76. The number of hydrogen-bond acceptors (Lipinski definition) is 4. The van der Waals surface area contributed by atoms with E-state index in [4.69, 9.17) is 9.47 Å². The number of nitrogens with one attached hydrogen (secondary N) is 1. The van der Waals surface area contributed by atoms with Gasteiger partial charge in [0.15, 0.2) is 5.54 Å². The van der Waals surface area contributed by atoms with Crippen molar-refractivity contribution in [3.05, 3.63) is 35.9 Å². The molecule has 2 aliphatic rings. The summed E-state index contributed by atoms with van der Waals surface area (Å²) in [6.07, 6.45) is 4.64. The summed E-state index contributed by atoms with van der Waals surface area (Å²) in [7, 11) is 0. The van der Waals surface area contributed by atoms with Crippen LogP contribution < -0.4 is 5.32 Å². The van der Waals surface area contributed by atoms with Gasteiger partial charge in [-0.1, -0.05) is 30.3 Å². The van der Waals surface area contributed by atoms with Crippen LogP contribution in [-0.4, -0.2) is 32.0 Å². The van der Waals surface area contributed by atoms with Crippen molar-refractivity contribution in [1.29, 1.82) is 5.26 Å². The van der Waals surface area contributed by atoms with Crippen LogP contribution in [0.25, 0.3) is 0 Å². The summed E-state index contributed by atoms with van der Waals surface area (Å²) in [6, 6.07) is 12.8. The molecule has 0 aromatic heterocycles. The highest BCUT2D eigenvalue weighted by Gasteiger charge is 2.38. The molecule has 1 aliphatic carbocycles. The Bertz CT molecular complexity index is 489. The second kappa shape index (κ2) is 6.57. The van der Waals surface area contributed by atoms with E-state index in [-0.39, 0.29) is 6.10 Å². The van der Waals surface area contributed by atoms with Crippen LogP contribution in [0, 0.1) is 11.3 Å². The first-order valence-electron chi connectivity index (χ1n) is 7.76. The summed E-state index contributed by atoms with van der Waals surface area (Å²) in [4.78, 5) is 0. The molecular formula is C17H22N2O2. The van der Waals surface area contributed by atoms with E-state index in [0.29, 0.717) is 19.3 Å². The molecular weight excluding hydrogens is 264 g/mol. The van der Waals surface area contributed by atoms with Crippen molar-refractivity contribution in [2.75, 3.05) is 19.8 Å². The number of ether oxygens (including phenoxy) is 2. The van der Waals surface area contributed by atoms with Crippen LogP contribution in [-0.2, 0) is 15.0 Å². The molecule has 1 aromatic rings. The molecule has 4 heteroatoms. The molecule has 112 valence electrons. The topological polar surface area (TPSA) is 54.3 Å². The van der Waals surface area contributed by atoms with Crippen molar-refractivity contribution < 1.29 is 9.47 Å². The third kappa shape index (κ3) is 3.62. The van der Waals surface area contributed by atoms with E-state index >= 15 is 0 Å². The smallest absolute Gasteiger partial charge is 0.156 e. The maximum atomic E-state index is 9.77. The summed E-state index contributed by atoms with van der Waals surface area (Å²) in [6.45, 7) is 1.77. The van der Waals surface area contributed by atoms with Gasteiger partial charge < -0.3 is 9.47 Å². The lowest BCUT2D eigenvalue weighted by molar-refractivity contribution is 0.00132. The fourth-order valence-electron chi connectivity index (χ4n) is 2.76. The van der Waals surface area contributed by atoms with Crippen LogP contribution in [0.2, 0.25) is 0 Å². The summed E-state index contributed by atoms with van der Waals surface area (Å²) in [5, 5.41) is 13.2. The average molecular weight is 286 g/mol. The monoisotopic (exact) mass is 286 g/mol. The molecule has 1 saturated carbocycles. The van der Waals surface area contributed by atoms with Gasteiger partial charge in [0.05, 0.1) is 25.4 Å². The number of nitriles is 1. The van der Waals surface area contributed by atoms with Crippen molar-refractivity contribution >= 4 is 0 Å². The van der Waals surface area contributed by atoms with Crippen LogP contribution >= 0.6 is 0 Å². The molecule has 1 saturated heterocycles. The zero-order valence-electron chi connectivity index (χ0n) is 12.3. The van der Waals surface area contributed by atoms with Crippen molar-refractivity contribution in [3.8, 4) is 6.07 Å². The molecule has 1 heterocycles. The predicted molar refractivity (Wildman–Crippen MR) is 79.7 cm³/mol. The van der Waals surface area contributed by atoms with Crippen molar-refractivity contribution in [2.45, 2.75) is 43.4 Å². The summed E-state index contributed by atoms with van der Waals surface area (Å²) in [5.74, 6) is 0. The Morgan fingerprint density at radius 1 is 1.29 bits per heavy atom. The zero-order chi connectivity index (χ0) is 14.5. The van der Waals surface area contributed by atoms with Gasteiger partial charge in [-0.05, 0) is 31.2 Å². The number of benzene rings is 1. The van der Waals surface area contributed by atoms with Gasteiger partial charge in [0.25, 0.3) is 0 Å². The standard InChI is InChI=1S/C17H22N2O2/c18-12-17(19-15-8-9-15,14-5-2-1-3-6-14)13-20-11-16-7-4-10-21-16/h1-3,5-6,15-16,19H,4,7-11,13H2. The van der Waals surface area contributed by atoms with E-state index in [9.17, 15) is 5.26 Å². The number of nitrogens with zero attached hydrogens (tertiary/aromatic N) is 1. The molecule has 0 radical (unpaired) electrons. The molecule has 1 aliphatic heterocycles. The van der Waals surface area contributed by atoms with Gasteiger partial charge >= 0.3 is 0 Å². The molecule has 2 atom stereocenters. The van der Waals surface area contributed by atoms with Crippen molar-refractivity contribution in [1.82, 2.24) is 5.32 Å². The molecule has 0 amide bonds. The Kier molecular flexibility index (Phi) is 4.54. The molecule has 21 heavy (non-hydrogen) atoms. The average Bonchev–Trinajstić information content (AvgIpc) is 3.19. The summed E-state index contributed by atoms with van der Waals surface area (Å²) in [5.41, 5.74) is 0.229. The SMILES string of the molecule is N#CC(COCC1CCCO1)(NC1CC1)c1ccccc1.